The van der Waals surface area contributed by atoms with Gasteiger partial charge in [-0.3, -0.25) is 14.5 Å². The quantitative estimate of drug-likeness (QED) is 0.727. The number of ether oxygens (including phenoxy) is 1. The molecule has 2 aromatic rings. The predicted octanol–water partition coefficient (Wildman–Crippen LogP) is 3.35. The molecular formula is C20H22F2N4O3S. The van der Waals surface area contributed by atoms with E-state index < -0.39 is 23.7 Å². The maximum absolute atomic E-state index is 13.7. The van der Waals surface area contributed by atoms with E-state index in [-0.39, 0.29) is 47.1 Å². The molecule has 2 amide bonds. The number of nitrogens with one attached hydrogen (secondary N) is 1. The Labute approximate surface area is 176 Å². The second-order valence-electron chi connectivity index (χ2n) is 8.33. The highest BCUT2D eigenvalue weighted by Gasteiger charge is 2.40. The number of thiazole rings is 1. The molecule has 2 aromatic heterocycles. The lowest BCUT2D eigenvalue weighted by molar-refractivity contribution is -0.135. The molecular weight excluding hydrogens is 414 g/mol. The molecule has 0 unspecified atom stereocenters. The zero-order chi connectivity index (χ0) is 21.6. The molecule has 0 aromatic carbocycles. The van der Waals surface area contributed by atoms with Gasteiger partial charge in [0.05, 0.1) is 24.8 Å². The Kier molecular flexibility index (Phi) is 5.31. The number of aromatic nitrogens is 2. The van der Waals surface area contributed by atoms with Crippen molar-refractivity contribution in [3.63, 3.8) is 0 Å². The molecule has 0 bridgehead atoms. The molecule has 2 fully saturated rings. The Bertz CT molecular complexity index is 986. The molecule has 1 N–H and O–H groups in total. The van der Waals surface area contributed by atoms with Crippen LogP contribution < -0.4 is 10.2 Å². The molecule has 2 aliphatic rings. The second kappa shape index (κ2) is 7.66. The minimum absolute atomic E-state index is 0.0285. The molecule has 1 aliphatic carbocycles. The Balaban J connectivity index is 1.66. The van der Waals surface area contributed by atoms with Gasteiger partial charge in [-0.05, 0) is 25.2 Å². The Morgan fingerprint density at radius 1 is 1.23 bits per heavy atom. The summed E-state index contributed by atoms with van der Waals surface area (Å²) < 4.78 is 32.6. The maximum atomic E-state index is 13.7. The summed E-state index contributed by atoms with van der Waals surface area (Å²) in [5.41, 5.74) is 0.203. The lowest BCUT2D eigenvalue weighted by Gasteiger charge is -2.44. The monoisotopic (exact) mass is 436 g/mol. The van der Waals surface area contributed by atoms with Crippen LogP contribution in [0.2, 0.25) is 0 Å². The van der Waals surface area contributed by atoms with E-state index in [1.165, 1.54) is 0 Å². The molecule has 30 heavy (non-hydrogen) atoms. The number of nitrogens with zero attached hydrogens (tertiary/aromatic N) is 3. The zero-order valence-corrected chi connectivity index (χ0v) is 17.7. The number of hydrogen-bond acceptors (Lipinski definition) is 6. The molecule has 0 radical (unpaired) electrons. The number of aryl methyl sites for hydroxylation is 1. The zero-order valence-electron chi connectivity index (χ0n) is 16.9. The van der Waals surface area contributed by atoms with Gasteiger partial charge >= 0.3 is 0 Å². The third kappa shape index (κ3) is 3.81. The van der Waals surface area contributed by atoms with Gasteiger partial charge in [0.15, 0.2) is 5.13 Å². The first kappa shape index (κ1) is 20.8. The van der Waals surface area contributed by atoms with Gasteiger partial charge in [-0.2, -0.15) is 13.8 Å². The average molecular weight is 436 g/mol. The van der Waals surface area contributed by atoms with Crippen LogP contribution in [0.3, 0.4) is 0 Å². The lowest BCUT2D eigenvalue weighted by Crippen LogP contribution is -2.52. The van der Waals surface area contributed by atoms with Crippen LogP contribution in [0.1, 0.15) is 42.1 Å². The van der Waals surface area contributed by atoms with Crippen LogP contribution in [0.25, 0.3) is 0 Å². The fourth-order valence-corrected chi connectivity index (χ4v) is 4.46. The summed E-state index contributed by atoms with van der Waals surface area (Å²) in [5, 5.41) is 3.17. The number of anilines is 2. The molecule has 1 saturated heterocycles. The molecule has 4 rings (SSSR count). The van der Waals surface area contributed by atoms with Crippen molar-refractivity contribution >= 4 is 34.0 Å². The molecule has 1 aliphatic heterocycles. The molecule has 1 saturated carbocycles. The van der Waals surface area contributed by atoms with E-state index in [9.17, 15) is 18.4 Å². The van der Waals surface area contributed by atoms with Crippen molar-refractivity contribution in [1.29, 1.82) is 0 Å². The topological polar surface area (TPSA) is 84.4 Å². The number of pyridine rings is 1. The van der Waals surface area contributed by atoms with Crippen molar-refractivity contribution in [3.05, 3.63) is 34.6 Å². The number of carbonyl (C=O) groups excluding carboxylic acids is 2. The highest BCUT2D eigenvalue weighted by molar-refractivity contribution is 7.16. The van der Waals surface area contributed by atoms with E-state index in [0.29, 0.717) is 4.88 Å². The maximum Gasteiger partial charge on any atom is 0.271 e. The molecule has 160 valence electrons. The molecule has 7 nitrogen and oxygen atoms in total. The van der Waals surface area contributed by atoms with Crippen LogP contribution in [0.15, 0.2) is 12.1 Å². The largest absolute Gasteiger partial charge is 0.380 e. The van der Waals surface area contributed by atoms with Crippen molar-refractivity contribution in [3.8, 4) is 0 Å². The van der Waals surface area contributed by atoms with Gasteiger partial charge in [-0.1, -0.05) is 13.8 Å². The van der Waals surface area contributed by atoms with E-state index >= 15 is 0 Å². The van der Waals surface area contributed by atoms with Crippen molar-refractivity contribution in [2.24, 2.45) is 11.3 Å². The highest BCUT2D eigenvalue weighted by atomic mass is 32.1. The Morgan fingerprint density at radius 2 is 1.90 bits per heavy atom. The van der Waals surface area contributed by atoms with Crippen molar-refractivity contribution in [1.82, 2.24) is 15.3 Å². The van der Waals surface area contributed by atoms with Gasteiger partial charge in [-0.25, -0.2) is 4.98 Å². The average Bonchev–Trinajstić information content (AvgIpc) is 2.97. The van der Waals surface area contributed by atoms with Crippen LogP contribution in [0, 0.1) is 30.2 Å². The predicted molar refractivity (Wildman–Crippen MR) is 107 cm³/mol. The minimum Gasteiger partial charge on any atom is -0.380 e. The molecule has 0 spiro atoms. The van der Waals surface area contributed by atoms with Crippen LogP contribution in [-0.2, 0) is 9.53 Å². The SMILES string of the molecule is Cc1sc(N(C(=O)C2COC2)c2cc(F)nc(F)c2)nc1C(=O)N[C@@H]1CCC1(C)C. The Morgan fingerprint density at radius 3 is 2.40 bits per heavy atom. The van der Waals surface area contributed by atoms with Crippen LogP contribution in [0.5, 0.6) is 0 Å². The standard InChI is InChI=1S/C20H22F2N4O3S/c1-10-16(17(27)23-13-4-5-20(13,2)3)25-19(30-10)26(18(28)11-8-29-9-11)12-6-14(21)24-15(22)7-12/h6-7,11,13H,4-5,8-9H2,1-3H3,(H,23,27)/t13-/m1/s1. The first-order chi connectivity index (χ1) is 14.2. The van der Waals surface area contributed by atoms with E-state index in [1.807, 2.05) is 0 Å². The number of hydrogen-bond donors (Lipinski definition) is 1. The van der Waals surface area contributed by atoms with E-state index in [0.717, 1.165) is 41.2 Å². The van der Waals surface area contributed by atoms with E-state index in [1.54, 1.807) is 6.92 Å². The summed E-state index contributed by atoms with van der Waals surface area (Å²) in [6.45, 7) is 6.35. The highest BCUT2D eigenvalue weighted by Crippen LogP contribution is 2.40. The molecule has 1 atom stereocenters. The number of rotatable bonds is 5. The second-order valence-corrected chi connectivity index (χ2v) is 9.52. The van der Waals surface area contributed by atoms with Crippen molar-refractivity contribution in [2.75, 3.05) is 18.1 Å². The first-order valence-electron chi connectivity index (χ1n) is 9.69. The van der Waals surface area contributed by atoms with Gasteiger partial charge in [0, 0.05) is 23.1 Å². The van der Waals surface area contributed by atoms with Crippen LogP contribution >= 0.6 is 11.3 Å². The van der Waals surface area contributed by atoms with Gasteiger partial charge in [0.1, 0.15) is 5.69 Å². The fraction of sp³-hybridized carbons (Fsp3) is 0.500. The summed E-state index contributed by atoms with van der Waals surface area (Å²) in [4.78, 5) is 35.0. The number of carbonyl (C=O) groups is 2. The first-order valence-corrected chi connectivity index (χ1v) is 10.5. The third-order valence-electron chi connectivity index (χ3n) is 5.73. The van der Waals surface area contributed by atoms with Gasteiger partial charge in [0.2, 0.25) is 17.8 Å². The van der Waals surface area contributed by atoms with Crippen LogP contribution in [0.4, 0.5) is 19.6 Å². The summed E-state index contributed by atoms with van der Waals surface area (Å²) in [7, 11) is 0. The summed E-state index contributed by atoms with van der Waals surface area (Å²) in [5.74, 6) is -3.26. The summed E-state index contributed by atoms with van der Waals surface area (Å²) in [6.07, 6.45) is 1.93. The number of halogens is 2. The molecule has 10 heteroatoms. The normalized spacial score (nSPS) is 20.2. The van der Waals surface area contributed by atoms with E-state index in [2.05, 4.69) is 29.1 Å². The van der Waals surface area contributed by atoms with Crippen LogP contribution in [-0.4, -0.2) is 41.0 Å². The lowest BCUT2D eigenvalue weighted by atomic mass is 9.67. The minimum atomic E-state index is -1.05. The summed E-state index contributed by atoms with van der Waals surface area (Å²) in [6, 6.07) is 1.99. The summed E-state index contributed by atoms with van der Waals surface area (Å²) >= 11 is 1.12. The molecule has 3 heterocycles. The van der Waals surface area contributed by atoms with Gasteiger partial charge < -0.3 is 10.1 Å². The smallest absolute Gasteiger partial charge is 0.271 e. The number of amides is 2. The Hall–Kier alpha value is -2.46. The third-order valence-corrected chi connectivity index (χ3v) is 6.69. The van der Waals surface area contributed by atoms with E-state index in [4.69, 9.17) is 4.74 Å². The fourth-order valence-electron chi connectivity index (χ4n) is 3.52. The van der Waals surface area contributed by atoms with Gasteiger partial charge in [-0.15, -0.1) is 11.3 Å². The van der Waals surface area contributed by atoms with Gasteiger partial charge in [0.25, 0.3) is 5.91 Å². The van der Waals surface area contributed by atoms with Crippen molar-refractivity contribution in [2.45, 2.75) is 39.7 Å². The van der Waals surface area contributed by atoms with Crippen molar-refractivity contribution < 1.29 is 23.1 Å².